The van der Waals surface area contributed by atoms with Crippen molar-refractivity contribution in [3.8, 4) is 33.4 Å². The Morgan fingerprint density at radius 2 is 0.953 bits per heavy atom. The number of allylic oxidation sites excluding steroid dienone is 3. The molecule has 1 heteroatoms. The first-order valence-electron chi connectivity index (χ1n) is 15.0. The Morgan fingerprint density at radius 1 is 0.442 bits per heavy atom. The van der Waals surface area contributed by atoms with Gasteiger partial charge in [0, 0.05) is 17.8 Å². The number of hydrogen-bond donors (Lipinski definition) is 1. The summed E-state index contributed by atoms with van der Waals surface area (Å²) in [6.07, 6.45) is 4.41. The highest BCUT2D eigenvalue weighted by Crippen LogP contribution is 2.44. The molecule has 0 bridgehead atoms. The molecule has 8 rings (SSSR count). The van der Waals surface area contributed by atoms with E-state index >= 15 is 0 Å². The van der Waals surface area contributed by atoms with Gasteiger partial charge in [-0.2, -0.15) is 0 Å². The molecule has 0 atom stereocenters. The van der Waals surface area contributed by atoms with E-state index < -0.39 is 0 Å². The summed E-state index contributed by atoms with van der Waals surface area (Å²) in [7, 11) is 0. The van der Waals surface area contributed by atoms with Gasteiger partial charge in [0.15, 0.2) is 0 Å². The average molecular weight is 550 g/mol. The highest BCUT2D eigenvalue weighted by atomic mass is 14.9. The molecule has 0 aliphatic carbocycles. The summed E-state index contributed by atoms with van der Waals surface area (Å²) < 4.78 is 0. The van der Waals surface area contributed by atoms with Crippen LogP contribution in [0.3, 0.4) is 0 Å². The maximum absolute atomic E-state index is 3.46. The van der Waals surface area contributed by atoms with Crippen molar-refractivity contribution in [1.82, 2.24) is 5.32 Å². The first kappa shape index (κ1) is 25.3. The Hall–Kier alpha value is -5.40. The summed E-state index contributed by atoms with van der Waals surface area (Å²) in [6, 6.07) is 51.2. The smallest absolute Gasteiger partial charge is 0.0331 e. The molecule has 0 amide bonds. The van der Waals surface area contributed by atoms with Gasteiger partial charge in [-0.1, -0.05) is 133 Å². The highest BCUT2D eigenvalue weighted by Gasteiger charge is 2.16. The third-order valence-electron chi connectivity index (χ3n) is 8.80. The molecule has 1 aliphatic heterocycles. The van der Waals surface area contributed by atoms with E-state index in [9.17, 15) is 0 Å². The lowest BCUT2D eigenvalue weighted by Crippen LogP contribution is -2.15. The highest BCUT2D eigenvalue weighted by molar-refractivity contribution is 6.21. The molecule has 0 saturated heterocycles. The van der Waals surface area contributed by atoms with E-state index in [0.29, 0.717) is 0 Å². The van der Waals surface area contributed by atoms with Gasteiger partial charge < -0.3 is 5.32 Å². The monoisotopic (exact) mass is 549 g/mol. The second-order valence-corrected chi connectivity index (χ2v) is 11.4. The summed E-state index contributed by atoms with van der Waals surface area (Å²) in [4.78, 5) is 0. The fourth-order valence-corrected chi connectivity index (χ4v) is 6.72. The van der Waals surface area contributed by atoms with Gasteiger partial charge in [0.05, 0.1) is 0 Å². The fourth-order valence-electron chi connectivity index (χ4n) is 6.72. The first-order chi connectivity index (χ1) is 21.2. The molecule has 0 unspecified atom stereocenters. The second-order valence-electron chi connectivity index (χ2n) is 11.4. The van der Waals surface area contributed by atoms with Gasteiger partial charge in [-0.15, -0.1) is 0 Å². The van der Waals surface area contributed by atoms with Crippen LogP contribution in [0.15, 0.2) is 157 Å². The largest absolute Gasteiger partial charge is 0.385 e. The van der Waals surface area contributed by atoms with Crippen molar-refractivity contribution >= 4 is 37.9 Å². The number of nitrogens with one attached hydrogen (secondary N) is 1. The first-order valence-corrected chi connectivity index (χ1v) is 15.0. The number of fused-ring (bicyclic) bond motifs is 3. The van der Waals surface area contributed by atoms with Crippen LogP contribution in [0.1, 0.15) is 12.5 Å². The molecule has 7 aromatic rings. The van der Waals surface area contributed by atoms with Crippen molar-refractivity contribution in [3.05, 3.63) is 163 Å². The van der Waals surface area contributed by atoms with Crippen LogP contribution in [0.5, 0.6) is 0 Å². The second kappa shape index (κ2) is 10.5. The maximum Gasteiger partial charge on any atom is 0.0331 e. The van der Waals surface area contributed by atoms with Crippen molar-refractivity contribution in [2.45, 2.75) is 6.92 Å². The van der Waals surface area contributed by atoms with Gasteiger partial charge in [0.1, 0.15) is 0 Å². The Labute approximate surface area is 252 Å². The Balaban J connectivity index is 1.27. The lowest BCUT2D eigenvalue weighted by Gasteiger charge is -2.18. The predicted octanol–water partition coefficient (Wildman–Crippen LogP) is 11.0. The zero-order chi connectivity index (χ0) is 28.8. The summed E-state index contributed by atoms with van der Waals surface area (Å²) in [6.45, 7) is 3.05. The summed E-state index contributed by atoms with van der Waals surface area (Å²) in [5.41, 5.74) is 11.3. The minimum atomic E-state index is 0.893. The minimum absolute atomic E-state index is 0.893. The van der Waals surface area contributed by atoms with E-state index in [0.717, 1.165) is 6.54 Å². The van der Waals surface area contributed by atoms with E-state index in [-0.39, 0.29) is 0 Å². The zero-order valence-electron chi connectivity index (χ0n) is 24.1. The number of dihydropyridines is 1. The van der Waals surface area contributed by atoms with Crippen LogP contribution in [0.2, 0.25) is 0 Å². The van der Waals surface area contributed by atoms with Crippen LogP contribution in [0, 0.1) is 0 Å². The molecule has 43 heavy (non-hydrogen) atoms. The van der Waals surface area contributed by atoms with Crippen LogP contribution in [-0.2, 0) is 0 Å². The number of hydrogen-bond acceptors (Lipinski definition) is 1. The van der Waals surface area contributed by atoms with E-state index in [1.54, 1.807) is 0 Å². The van der Waals surface area contributed by atoms with Crippen LogP contribution in [-0.4, -0.2) is 6.54 Å². The molecular formula is C42H31N. The molecule has 204 valence electrons. The maximum atomic E-state index is 3.46. The molecule has 0 fully saturated rings. The Bertz CT molecular complexity index is 2180. The molecule has 0 radical (unpaired) electrons. The molecule has 0 saturated carbocycles. The average Bonchev–Trinajstić information content (AvgIpc) is 3.07. The van der Waals surface area contributed by atoms with Crippen LogP contribution >= 0.6 is 0 Å². The van der Waals surface area contributed by atoms with Gasteiger partial charge in [-0.05, 0) is 96.4 Å². The third-order valence-corrected chi connectivity index (χ3v) is 8.80. The predicted molar refractivity (Wildman–Crippen MR) is 185 cm³/mol. The van der Waals surface area contributed by atoms with Gasteiger partial charge >= 0.3 is 0 Å². The van der Waals surface area contributed by atoms with Crippen LogP contribution < -0.4 is 5.32 Å². The van der Waals surface area contributed by atoms with Crippen molar-refractivity contribution in [1.29, 1.82) is 0 Å². The lowest BCUT2D eigenvalue weighted by molar-refractivity contribution is 0.897. The van der Waals surface area contributed by atoms with Crippen molar-refractivity contribution in [2.75, 3.05) is 6.54 Å². The quantitative estimate of drug-likeness (QED) is 0.215. The van der Waals surface area contributed by atoms with E-state index in [1.807, 2.05) is 0 Å². The number of benzene rings is 7. The van der Waals surface area contributed by atoms with Crippen LogP contribution in [0.25, 0.3) is 71.3 Å². The van der Waals surface area contributed by atoms with E-state index in [2.05, 4.69) is 164 Å². The normalized spacial score (nSPS) is 13.1. The molecule has 1 N–H and O–H groups in total. The Kier molecular flexibility index (Phi) is 6.16. The summed E-state index contributed by atoms with van der Waals surface area (Å²) in [5, 5.41) is 11.1. The third kappa shape index (κ3) is 4.42. The molecule has 1 heterocycles. The van der Waals surface area contributed by atoms with Crippen LogP contribution in [0.4, 0.5) is 0 Å². The van der Waals surface area contributed by atoms with E-state index in [1.165, 1.54) is 82.5 Å². The molecule has 0 spiro atoms. The topological polar surface area (TPSA) is 12.0 Å². The SMILES string of the molecule is CC1=C(c2cccc(-c3ccc4cc(-c5c6ccccc6c(-c6ccccc6)c6ccccc56)ccc4c3)c2)C=CCN1. The Morgan fingerprint density at radius 3 is 1.60 bits per heavy atom. The summed E-state index contributed by atoms with van der Waals surface area (Å²) in [5.74, 6) is 0. The molecule has 0 aromatic heterocycles. The molecule has 1 nitrogen and oxygen atoms in total. The van der Waals surface area contributed by atoms with Crippen molar-refractivity contribution in [3.63, 3.8) is 0 Å². The molecular weight excluding hydrogens is 518 g/mol. The van der Waals surface area contributed by atoms with Gasteiger partial charge in [0.2, 0.25) is 0 Å². The summed E-state index contributed by atoms with van der Waals surface area (Å²) >= 11 is 0. The van der Waals surface area contributed by atoms with Gasteiger partial charge in [0.25, 0.3) is 0 Å². The van der Waals surface area contributed by atoms with Crippen molar-refractivity contribution in [2.24, 2.45) is 0 Å². The minimum Gasteiger partial charge on any atom is -0.385 e. The standard InChI is InChI=1S/C42H31N/c1-28-36(19-10-24-43-28)34-14-9-13-30(26-34)31-20-21-33-27-35(23-22-32(33)25-31)42-39-17-7-5-15-37(39)41(29-11-3-2-4-12-29)38-16-6-8-18-40(38)42/h2-23,25-27,43H,24H2,1H3. The fraction of sp³-hybridized carbons (Fsp3) is 0.0476. The van der Waals surface area contributed by atoms with Crippen molar-refractivity contribution < 1.29 is 0 Å². The zero-order valence-corrected chi connectivity index (χ0v) is 24.1. The van der Waals surface area contributed by atoms with E-state index in [4.69, 9.17) is 0 Å². The van der Waals surface area contributed by atoms with Gasteiger partial charge in [-0.25, -0.2) is 0 Å². The molecule has 1 aliphatic rings. The number of rotatable bonds is 4. The molecule has 7 aromatic carbocycles. The lowest BCUT2D eigenvalue weighted by atomic mass is 9.85. The van der Waals surface area contributed by atoms with Gasteiger partial charge in [-0.3, -0.25) is 0 Å².